The summed E-state index contributed by atoms with van der Waals surface area (Å²) < 4.78 is 1.77. The van der Waals surface area contributed by atoms with Crippen LogP contribution in [0.25, 0.3) is 5.82 Å². The highest BCUT2D eigenvalue weighted by Crippen LogP contribution is 2.56. The van der Waals surface area contributed by atoms with Crippen molar-refractivity contribution in [1.82, 2.24) is 14.5 Å². The number of carboxylic acids is 1. The molecule has 3 N–H and O–H groups in total. The quantitative estimate of drug-likeness (QED) is 0.845. The molecule has 0 unspecified atom stereocenters. The summed E-state index contributed by atoms with van der Waals surface area (Å²) in [6.45, 7) is 2.63. The lowest BCUT2D eigenvalue weighted by molar-refractivity contribution is -0.140. The van der Waals surface area contributed by atoms with Crippen LogP contribution in [0.15, 0.2) is 36.9 Å². The number of aliphatic carboxylic acids is 1. The van der Waals surface area contributed by atoms with Crippen LogP contribution in [-0.2, 0) is 10.2 Å². The summed E-state index contributed by atoms with van der Waals surface area (Å²) in [4.78, 5) is 20.4. The van der Waals surface area contributed by atoms with Gasteiger partial charge in [-0.2, -0.15) is 0 Å². The zero-order valence-electron chi connectivity index (χ0n) is 12.5. The third kappa shape index (κ3) is 2.39. The van der Waals surface area contributed by atoms with E-state index in [4.69, 9.17) is 5.73 Å². The number of aromatic nitrogens is 3. The van der Waals surface area contributed by atoms with Crippen LogP contribution in [0.5, 0.6) is 0 Å². The predicted molar refractivity (Wildman–Crippen MR) is 81.6 cm³/mol. The van der Waals surface area contributed by atoms with Gasteiger partial charge in [0.25, 0.3) is 0 Å². The SMILES string of the molecule is C[C@@H](CN)C[C@@H]1C[C@@]1(C(=O)O)c1cn(-c2ccccn2)cn1. The molecular formula is C16H20N4O2. The lowest BCUT2D eigenvalue weighted by Crippen LogP contribution is -2.24. The van der Waals surface area contributed by atoms with Gasteiger partial charge in [-0.25, -0.2) is 9.97 Å². The summed E-state index contributed by atoms with van der Waals surface area (Å²) in [6, 6.07) is 5.59. The Kier molecular flexibility index (Phi) is 3.70. The molecule has 0 aliphatic heterocycles. The molecule has 2 aromatic heterocycles. The van der Waals surface area contributed by atoms with E-state index in [2.05, 4.69) is 16.9 Å². The van der Waals surface area contributed by atoms with Gasteiger partial charge in [0.1, 0.15) is 17.6 Å². The minimum atomic E-state index is -0.858. The van der Waals surface area contributed by atoms with E-state index in [-0.39, 0.29) is 5.92 Å². The van der Waals surface area contributed by atoms with Gasteiger partial charge in [0.05, 0.1) is 5.69 Å². The van der Waals surface area contributed by atoms with Gasteiger partial charge < -0.3 is 10.8 Å². The van der Waals surface area contributed by atoms with Crippen molar-refractivity contribution < 1.29 is 9.90 Å². The average Bonchev–Trinajstić information content (AvgIpc) is 3.04. The number of hydrogen-bond donors (Lipinski definition) is 2. The van der Waals surface area contributed by atoms with Gasteiger partial charge in [0, 0.05) is 12.4 Å². The van der Waals surface area contributed by atoms with Gasteiger partial charge in [-0.3, -0.25) is 9.36 Å². The number of nitrogens with two attached hydrogens (primary N) is 1. The van der Waals surface area contributed by atoms with Crippen LogP contribution >= 0.6 is 0 Å². The van der Waals surface area contributed by atoms with Crippen molar-refractivity contribution in [3.05, 3.63) is 42.6 Å². The van der Waals surface area contributed by atoms with E-state index in [1.165, 1.54) is 0 Å². The molecule has 2 heterocycles. The molecule has 0 amide bonds. The lowest BCUT2D eigenvalue weighted by atomic mass is 9.94. The van der Waals surface area contributed by atoms with Crippen molar-refractivity contribution in [3.8, 4) is 5.82 Å². The number of pyridine rings is 1. The fraction of sp³-hybridized carbons (Fsp3) is 0.438. The molecule has 1 saturated carbocycles. The standard InChI is InChI=1S/C16H20N4O2/c1-11(8-17)6-12-7-16(12,15(21)22)13-9-20(10-19-13)14-4-2-3-5-18-14/h2-5,9-12H,6-8,17H2,1H3,(H,21,22)/t11-,12-,16+/m1/s1. The van der Waals surface area contributed by atoms with Gasteiger partial charge >= 0.3 is 5.97 Å². The summed E-state index contributed by atoms with van der Waals surface area (Å²) >= 11 is 0. The molecule has 1 fully saturated rings. The molecule has 0 aromatic carbocycles. The number of rotatable bonds is 6. The zero-order valence-corrected chi connectivity index (χ0v) is 12.5. The van der Waals surface area contributed by atoms with E-state index in [1.54, 1.807) is 23.3 Å². The fourth-order valence-electron chi connectivity index (χ4n) is 3.07. The van der Waals surface area contributed by atoms with Crippen LogP contribution in [-0.4, -0.2) is 32.2 Å². The average molecular weight is 300 g/mol. The van der Waals surface area contributed by atoms with Crippen molar-refractivity contribution in [2.75, 3.05) is 6.54 Å². The fourth-order valence-corrected chi connectivity index (χ4v) is 3.07. The number of hydrogen-bond acceptors (Lipinski definition) is 4. The number of carboxylic acid groups (broad SMARTS) is 1. The summed E-state index contributed by atoms with van der Waals surface area (Å²) in [6.07, 6.45) is 6.56. The van der Waals surface area contributed by atoms with Crippen molar-refractivity contribution in [2.45, 2.75) is 25.2 Å². The molecule has 1 aliphatic rings. The Morgan fingerprint density at radius 1 is 1.55 bits per heavy atom. The van der Waals surface area contributed by atoms with E-state index in [9.17, 15) is 9.90 Å². The normalized spacial score (nSPS) is 24.9. The minimum Gasteiger partial charge on any atom is -0.481 e. The van der Waals surface area contributed by atoms with E-state index in [0.717, 1.165) is 12.2 Å². The molecule has 2 aromatic rings. The molecule has 3 rings (SSSR count). The molecule has 6 nitrogen and oxygen atoms in total. The van der Waals surface area contributed by atoms with Gasteiger partial charge in [0.2, 0.25) is 0 Å². The Morgan fingerprint density at radius 2 is 2.36 bits per heavy atom. The first-order valence-electron chi connectivity index (χ1n) is 7.47. The minimum absolute atomic E-state index is 0.107. The van der Waals surface area contributed by atoms with E-state index in [0.29, 0.717) is 24.6 Å². The Hall–Kier alpha value is -2.21. The van der Waals surface area contributed by atoms with Gasteiger partial charge in [-0.1, -0.05) is 13.0 Å². The summed E-state index contributed by atoms with van der Waals surface area (Å²) in [5, 5.41) is 9.70. The molecule has 116 valence electrons. The van der Waals surface area contributed by atoms with E-state index < -0.39 is 11.4 Å². The van der Waals surface area contributed by atoms with Gasteiger partial charge in [0.15, 0.2) is 0 Å². The maximum atomic E-state index is 11.8. The number of carbonyl (C=O) groups is 1. The molecular weight excluding hydrogens is 280 g/mol. The van der Waals surface area contributed by atoms with Crippen molar-refractivity contribution in [3.63, 3.8) is 0 Å². The largest absolute Gasteiger partial charge is 0.481 e. The first-order chi connectivity index (χ1) is 10.6. The van der Waals surface area contributed by atoms with Crippen molar-refractivity contribution in [1.29, 1.82) is 0 Å². The molecule has 1 aliphatic carbocycles. The Morgan fingerprint density at radius 3 is 3.00 bits per heavy atom. The second-order valence-electron chi connectivity index (χ2n) is 6.11. The summed E-state index contributed by atoms with van der Waals surface area (Å²) in [5.74, 6) is 0.363. The molecule has 6 heteroatoms. The molecule has 0 spiro atoms. The lowest BCUT2D eigenvalue weighted by Gasteiger charge is -2.12. The highest BCUT2D eigenvalue weighted by Gasteiger charge is 2.62. The Balaban J connectivity index is 1.86. The number of nitrogens with zero attached hydrogens (tertiary/aromatic N) is 3. The molecule has 0 bridgehead atoms. The third-order valence-electron chi connectivity index (χ3n) is 4.53. The molecule has 22 heavy (non-hydrogen) atoms. The molecule has 0 radical (unpaired) electrons. The van der Waals surface area contributed by atoms with Crippen LogP contribution in [0.4, 0.5) is 0 Å². The van der Waals surface area contributed by atoms with Crippen LogP contribution in [0.1, 0.15) is 25.5 Å². The second-order valence-corrected chi connectivity index (χ2v) is 6.11. The van der Waals surface area contributed by atoms with Gasteiger partial charge in [-0.15, -0.1) is 0 Å². The second kappa shape index (κ2) is 5.53. The predicted octanol–water partition coefficient (Wildman–Crippen LogP) is 1.59. The first kappa shape index (κ1) is 14.7. The van der Waals surface area contributed by atoms with Crippen molar-refractivity contribution >= 4 is 5.97 Å². The smallest absolute Gasteiger partial charge is 0.316 e. The Labute approximate surface area is 129 Å². The van der Waals surface area contributed by atoms with Crippen LogP contribution in [0, 0.1) is 11.8 Å². The van der Waals surface area contributed by atoms with Crippen LogP contribution < -0.4 is 5.73 Å². The number of imidazole rings is 1. The summed E-state index contributed by atoms with van der Waals surface area (Å²) in [5.41, 5.74) is 5.41. The zero-order chi connectivity index (χ0) is 15.7. The monoisotopic (exact) mass is 300 g/mol. The highest BCUT2D eigenvalue weighted by molar-refractivity contribution is 5.85. The maximum Gasteiger partial charge on any atom is 0.316 e. The highest BCUT2D eigenvalue weighted by atomic mass is 16.4. The van der Waals surface area contributed by atoms with Gasteiger partial charge in [-0.05, 0) is 43.4 Å². The topological polar surface area (TPSA) is 94.0 Å². The Bertz CT molecular complexity index is 670. The van der Waals surface area contributed by atoms with Crippen LogP contribution in [0.3, 0.4) is 0 Å². The maximum absolute atomic E-state index is 11.8. The van der Waals surface area contributed by atoms with Crippen molar-refractivity contribution in [2.24, 2.45) is 17.6 Å². The third-order valence-corrected chi connectivity index (χ3v) is 4.53. The van der Waals surface area contributed by atoms with E-state index >= 15 is 0 Å². The van der Waals surface area contributed by atoms with Crippen LogP contribution in [0.2, 0.25) is 0 Å². The first-order valence-corrected chi connectivity index (χ1v) is 7.47. The molecule has 0 saturated heterocycles. The molecule has 3 atom stereocenters. The summed E-state index contributed by atoms with van der Waals surface area (Å²) in [7, 11) is 0. The van der Waals surface area contributed by atoms with E-state index in [1.807, 2.05) is 18.2 Å².